The van der Waals surface area contributed by atoms with Crippen molar-refractivity contribution in [1.29, 1.82) is 0 Å². The van der Waals surface area contributed by atoms with Crippen molar-refractivity contribution in [3.05, 3.63) is 69.7 Å². The maximum Gasteiger partial charge on any atom is 0.326 e. The van der Waals surface area contributed by atoms with E-state index in [0.29, 0.717) is 29.3 Å². The average Bonchev–Trinajstić information content (AvgIpc) is 2.88. The van der Waals surface area contributed by atoms with Gasteiger partial charge in [-0.05, 0) is 74.2 Å². The molecule has 0 aromatic heterocycles. The first-order valence-corrected chi connectivity index (χ1v) is 13.6. The van der Waals surface area contributed by atoms with Gasteiger partial charge in [-0.3, -0.25) is 4.79 Å². The van der Waals surface area contributed by atoms with Gasteiger partial charge >= 0.3 is 5.97 Å². The number of hydrogen-bond donors (Lipinski definition) is 1. The molecular formula is C28H34Cl2N2O4. The van der Waals surface area contributed by atoms with Gasteiger partial charge < -0.3 is 19.6 Å². The molecule has 2 aromatic rings. The summed E-state index contributed by atoms with van der Waals surface area (Å²) in [6.45, 7) is 4.72. The van der Waals surface area contributed by atoms with Crippen molar-refractivity contribution in [3.8, 4) is 0 Å². The van der Waals surface area contributed by atoms with Crippen molar-refractivity contribution in [3.63, 3.8) is 0 Å². The van der Waals surface area contributed by atoms with Gasteiger partial charge in [0.05, 0.1) is 6.04 Å². The van der Waals surface area contributed by atoms with Gasteiger partial charge in [-0.1, -0.05) is 67.2 Å². The predicted molar refractivity (Wildman–Crippen MR) is 141 cm³/mol. The number of carbonyl (C=O) groups excluding carboxylic acids is 1. The molecule has 8 heteroatoms. The highest BCUT2D eigenvalue weighted by molar-refractivity contribution is 6.30. The van der Waals surface area contributed by atoms with Crippen LogP contribution in [0.5, 0.6) is 0 Å². The Hall–Kier alpha value is -2.12. The van der Waals surface area contributed by atoms with E-state index in [1.807, 2.05) is 31.2 Å². The molecule has 194 valence electrons. The molecule has 0 spiro atoms. The van der Waals surface area contributed by atoms with E-state index in [4.69, 9.17) is 27.9 Å². The van der Waals surface area contributed by atoms with Crippen LogP contribution < -0.4 is 0 Å². The molecule has 1 amide bonds. The van der Waals surface area contributed by atoms with E-state index < -0.39 is 30.3 Å². The average molecular weight is 533 g/mol. The Bertz CT molecular complexity index is 1020. The summed E-state index contributed by atoms with van der Waals surface area (Å²) in [5.41, 5.74) is 1.63. The fourth-order valence-electron chi connectivity index (χ4n) is 5.34. The molecule has 4 rings (SSSR count). The Morgan fingerprint density at radius 2 is 1.58 bits per heavy atom. The first kappa shape index (κ1) is 26.9. The number of likely N-dealkylation sites (tertiary alicyclic amines) is 1. The van der Waals surface area contributed by atoms with Crippen LogP contribution in [0.4, 0.5) is 0 Å². The van der Waals surface area contributed by atoms with Gasteiger partial charge in [0.15, 0.2) is 0 Å². The topological polar surface area (TPSA) is 70.1 Å². The Balaban J connectivity index is 1.75. The van der Waals surface area contributed by atoms with Gasteiger partial charge in [0.1, 0.15) is 18.2 Å². The van der Waals surface area contributed by atoms with Crippen LogP contribution in [0, 0.1) is 0 Å². The van der Waals surface area contributed by atoms with Gasteiger partial charge in [-0.2, -0.15) is 0 Å². The van der Waals surface area contributed by atoms with Crippen LogP contribution in [0.2, 0.25) is 10.0 Å². The largest absolute Gasteiger partial charge is 0.480 e. The second kappa shape index (κ2) is 12.4. The van der Waals surface area contributed by atoms with E-state index in [1.165, 1.54) is 6.42 Å². The molecule has 0 unspecified atom stereocenters. The summed E-state index contributed by atoms with van der Waals surface area (Å²) in [5.74, 6) is -1.27. The van der Waals surface area contributed by atoms with Gasteiger partial charge in [-0.15, -0.1) is 0 Å². The molecule has 2 heterocycles. The second-order valence-electron chi connectivity index (χ2n) is 9.67. The number of rotatable bonds is 9. The van der Waals surface area contributed by atoms with Crippen molar-refractivity contribution in [1.82, 2.24) is 9.80 Å². The van der Waals surface area contributed by atoms with E-state index in [0.717, 1.165) is 43.6 Å². The first-order chi connectivity index (χ1) is 17.4. The summed E-state index contributed by atoms with van der Waals surface area (Å²) in [6, 6.07) is 13.0. The minimum Gasteiger partial charge on any atom is -0.480 e. The smallest absolute Gasteiger partial charge is 0.326 e. The molecule has 0 aliphatic carbocycles. The lowest BCUT2D eigenvalue weighted by atomic mass is 9.89. The van der Waals surface area contributed by atoms with Crippen LogP contribution in [0.3, 0.4) is 0 Å². The van der Waals surface area contributed by atoms with Crippen molar-refractivity contribution in [2.75, 3.05) is 19.6 Å². The highest BCUT2D eigenvalue weighted by atomic mass is 35.5. The fraction of sp³-hybridized carbons (Fsp3) is 0.500. The Morgan fingerprint density at radius 1 is 1.00 bits per heavy atom. The van der Waals surface area contributed by atoms with Crippen LogP contribution in [0.15, 0.2) is 48.5 Å². The predicted octanol–water partition coefficient (Wildman–Crippen LogP) is 6.13. The summed E-state index contributed by atoms with van der Waals surface area (Å²) in [7, 11) is 0. The molecule has 0 bridgehead atoms. The van der Waals surface area contributed by atoms with Crippen LogP contribution in [0.1, 0.15) is 68.7 Å². The van der Waals surface area contributed by atoms with Crippen LogP contribution in [-0.2, 0) is 14.3 Å². The minimum absolute atomic E-state index is 0.266. The van der Waals surface area contributed by atoms with Crippen molar-refractivity contribution in [2.24, 2.45) is 0 Å². The molecule has 2 saturated heterocycles. The fourth-order valence-corrected chi connectivity index (χ4v) is 5.60. The summed E-state index contributed by atoms with van der Waals surface area (Å²) >= 11 is 12.3. The van der Waals surface area contributed by atoms with Gasteiger partial charge in [-0.25, -0.2) is 4.79 Å². The quantitative estimate of drug-likeness (QED) is 0.420. The number of carboxylic acids is 1. The van der Waals surface area contributed by atoms with Crippen LogP contribution >= 0.6 is 23.2 Å². The number of carboxylic acid groups (broad SMARTS) is 1. The number of nitrogens with zero attached hydrogens (tertiary/aromatic N) is 2. The molecule has 0 saturated carbocycles. The Labute approximate surface area is 223 Å². The zero-order valence-electron chi connectivity index (χ0n) is 20.6. The monoisotopic (exact) mass is 532 g/mol. The van der Waals surface area contributed by atoms with E-state index in [-0.39, 0.29) is 5.91 Å². The second-order valence-corrected chi connectivity index (χ2v) is 10.5. The zero-order valence-corrected chi connectivity index (χ0v) is 22.1. The lowest BCUT2D eigenvalue weighted by Gasteiger charge is -2.47. The Morgan fingerprint density at radius 3 is 2.14 bits per heavy atom. The number of ether oxygens (including phenoxy) is 1. The molecule has 4 atom stereocenters. The molecule has 36 heavy (non-hydrogen) atoms. The number of aliphatic carboxylic acids is 1. The number of carbonyl (C=O) groups is 2. The summed E-state index contributed by atoms with van der Waals surface area (Å²) in [6.07, 6.45) is 3.80. The third-order valence-electron chi connectivity index (χ3n) is 7.18. The lowest BCUT2D eigenvalue weighted by Crippen LogP contribution is -2.57. The first-order valence-electron chi connectivity index (χ1n) is 12.8. The number of hydrogen-bond acceptors (Lipinski definition) is 4. The third kappa shape index (κ3) is 6.23. The molecule has 0 radical (unpaired) electrons. The highest BCUT2D eigenvalue weighted by Gasteiger charge is 2.48. The minimum atomic E-state index is -1.00. The number of piperidine rings is 1. The SMILES string of the molecule is CCC[C@H](C(=O)O)N1C(=O)[C@H](CCN2CCCCC2)O[C@@H](c2ccc(Cl)cc2)[C@H]1c1ccc(Cl)cc1. The van der Waals surface area contributed by atoms with Gasteiger partial charge in [0, 0.05) is 16.6 Å². The van der Waals surface area contributed by atoms with Crippen molar-refractivity contribution in [2.45, 2.75) is 69.7 Å². The van der Waals surface area contributed by atoms with E-state index in [2.05, 4.69) is 4.90 Å². The number of morpholine rings is 1. The normalized spacial score (nSPS) is 24.0. The molecular weight excluding hydrogens is 499 g/mol. The number of benzene rings is 2. The molecule has 6 nitrogen and oxygen atoms in total. The maximum atomic E-state index is 14.0. The van der Waals surface area contributed by atoms with Crippen LogP contribution in [-0.4, -0.2) is 58.6 Å². The molecule has 2 aliphatic heterocycles. The molecule has 2 aromatic carbocycles. The van der Waals surface area contributed by atoms with Crippen molar-refractivity contribution >= 4 is 35.1 Å². The lowest BCUT2D eigenvalue weighted by molar-refractivity contribution is -0.185. The van der Waals surface area contributed by atoms with E-state index >= 15 is 0 Å². The Kier molecular flexibility index (Phi) is 9.29. The highest BCUT2D eigenvalue weighted by Crippen LogP contribution is 2.44. The van der Waals surface area contributed by atoms with Crippen LogP contribution in [0.25, 0.3) is 0 Å². The maximum absolute atomic E-state index is 14.0. The molecule has 2 fully saturated rings. The van der Waals surface area contributed by atoms with E-state index in [1.54, 1.807) is 29.2 Å². The van der Waals surface area contributed by atoms with Gasteiger partial charge in [0.2, 0.25) is 0 Å². The number of halogens is 2. The van der Waals surface area contributed by atoms with E-state index in [9.17, 15) is 14.7 Å². The zero-order chi connectivity index (χ0) is 25.7. The number of amides is 1. The third-order valence-corrected chi connectivity index (χ3v) is 7.68. The molecule has 1 N–H and O–H groups in total. The molecule has 2 aliphatic rings. The van der Waals surface area contributed by atoms with Crippen molar-refractivity contribution < 1.29 is 19.4 Å². The summed E-state index contributed by atoms with van der Waals surface area (Å²) < 4.78 is 6.56. The standard InChI is InChI=1S/C28H34Cl2N2O4/c1-2-6-23(28(34)35)32-25(19-7-11-21(29)12-8-19)26(20-9-13-22(30)14-10-20)36-24(27(32)33)15-18-31-16-4-3-5-17-31/h7-14,23-26H,2-6,15-18H2,1H3,(H,34,35)/t23-,24+,25-,26+/m1/s1. The van der Waals surface area contributed by atoms with Gasteiger partial charge in [0.25, 0.3) is 5.91 Å². The summed E-state index contributed by atoms with van der Waals surface area (Å²) in [4.78, 5) is 30.4. The summed E-state index contributed by atoms with van der Waals surface area (Å²) in [5, 5.41) is 11.4.